The molecule has 0 radical (unpaired) electrons. The molecule has 1 fully saturated rings. The van der Waals surface area contributed by atoms with Crippen LogP contribution in [0.2, 0.25) is 0 Å². The Hall–Kier alpha value is -3.06. The van der Waals surface area contributed by atoms with E-state index in [0.29, 0.717) is 42.4 Å². The number of hydrogen-bond donors (Lipinski definition) is 1. The third kappa shape index (κ3) is 4.88. The molecule has 1 N–H and O–H groups in total. The average Bonchev–Trinajstić information content (AvgIpc) is 3.33. The zero-order valence-electron chi connectivity index (χ0n) is 19.3. The molecule has 1 saturated heterocycles. The summed E-state index contributed by atoms with van der Waals surface area (Å²) in [6, 6.07) is 9.61. The van der Waals surface area contributed by atoms with Crippen molar-refractivity contribution in [3.8, 4) is 5.75 Å². The predicted molar refractivity (Wildman–Crippen MR) is 122 cm³/mol. The highest BCUT2D eigenvalue weighted by atomic mass is 16.5. The van der Waals surface area contributed by atoms with Gasteiger partial charge in [-0.05, 0) is 76.3 Å². The van der Waals surface area contributed by atoms with Gasteiger partial charge in [-0.2, -0.15) is 0 Å². The first kappa shape index (κ1) is 23.6. The van der Waals surface area contributed by atoms with E-state index in [2.05, 4.69) is 18.7 Å². The van der Waals surface area contributed by atoms with Crippen LogP contribution in [0, 0.1) is 6.92 Å². The number of ketones is 1. The van der Waals surface area contributed by atoms with Crippen molar-refractivity contribution in [2.75, 3.05) is 32.8 Å². The quantitative estimate of drug-likeness (QED) is 0.340. The number of carbonyl (C=O) groups excluding carboxylic acids is 2. The Morgan fingerprint density at radius 2 is 1.78 bits per heavy atom. The zero-order chi connectivity index (χ0) is 23.3. The van der Waals surface area contributed by atoms with Crippen molar-refractivity contribution in [1.82, 2.24) is 9.80 Å². The van der Waals surface area contributed by atoms with Gasteiger partial charge in [-0.1, -0.05) is 13.8 Å². The van der Waals surface area contributed by atoms with Crippen LogP contribution in [0.15, 0.2) is 46.4 Å². The van der Waals surface area contributed by atoms with E-state index in [1.165, 1.54) is 4.90 Å². The summed E-state index contributed by atoms with van der Waals surface area (Å²) in [6.07, 6.45) is 0.716. The highest BCUT2D eigenvalue weighted by Gasteiger charge is 2.47. The number of likely N-dealkylation sites (tertiary alicyclic amines) is 1. The summed E-state index contributed by atoms with van der Waals surface area (Å²) in [7, 11) is 0. The summed E-state index contributed by atoms with van der Waals surface area (Å²) in [5.74, 6) is 0.289. The van der Waals surface area contributed by atoms with Crippen LogP contribution >= 0.6 is 0 Å². The first-order valence-corrected chi connectivity index (χ1v) is 11.2. The van der Waals surface area contributed by atoms with E-state index in [0.717, 1.165) is 19.6 Å². The third-order valence-corrected chi connectivity index (χ3v) is 5.78. The molecule has 0 saturated carbocycles. The lowest BCUT2D eigenvalue weighted by Gasteiger charge is -2.25. The molecule has 32 heavy (non-hydrogen) atoms. The Morgan fingerprint density at radius 1 is 1.09 bits per heavy atom. The Balaban J connectivity index is 1.97. The molecule has 2 heterocycles. The number of Topliss-reactive ketones (excluding diaryl/α,β-unsaturated/α-hetero) is 1. The van der Waals surface area contributed by atoms with Gasteiger partial charge in [-0.3, -0.25) is 9.59 Å². The van der Waals surface area contributed by atoms with Crippen molar-refractivity contribution in [3.05, 3.63) is 59.1 Å². The van der Waals surface area contributed by atoms with Gasteiger partial charge in [0, 0.05) is 12.1 Å². The largest absolute Gasteiger partial charge is 0.507 e. The van der Waals surface area contributed by atoms with Crippen LogP contribution in [0.4, 0.5) is 0 Å². The fraction of sp³-hybridized carbons (Fsp3) is 0.440. The molecule has 0 aliphatic carbocycles. The molecule has 1 atom stereocenters. The maximum absolute atomic E-state index is 13.0. The summed E-state index contributed by atoms with van der Waals surface area (Å²) in [4.78, 5) is 29.8. The predicted octanol–water partition coefficient (Wildman–Crippen LogP) is 4.14. The van der Waals surface area contributed by atoms with Gasteiger partial charge in [0.2, 0.25) is 0 Å². The molecular weight excluding hydrogens is 408 g/mol. The number of nitrogens with zero attached hydrogens (tertiary/aromatic N) is 2. The summed E-state index contributed by atoms with van der Waals surface area (Å²) < 4.78 is 11.3. The summed E-state index contributed by atoms with van der Waals surface area (Å²) in [6.45, 7) is 11.5. The van der Waals surface area contributed by atoms with E-state index in [1.54, 1.807) is 36.4 Å². The van der Waals surface area contributed by atoms with Gasteiger partial charge in [-0.25, -0.2) is 0 Å². The summed E-state index contributed by atoms with van der Waals surface area (Å²) >= 11 is 0. The lowest BCUT2D eigenvalue weighted by atomic mass is 9.99. The van der Waals surface area contributed by atoms with Gasteiger partial charge in [0.15, 0.2) is 0 Å². The van der Waals surface area contributed by atoms with Crippen molar-refractivity contribution in [3.63, 3.8) is 0 Å². The number of benzene rings is 1. The SMILES string of the molecule is CCOc1ccc(C(O)=C2C(=O)C(=O)N(CCCN(CC)CC)C2c2ccc(C)o2)cc1. The number of hydrogen-bond acceptors (Lipinski definition) is 6. The Kier molecular flexibility index (Phi) is 7.75. The van der Waals surface area contributed by atoms with E-state index < -0.39 is 17.7 Å². The lowest BCUT2D eigenvalue weighted by molar-refractivity contribution is -0.140. The molecule has 7 nitrogen and oxygen atoms in total. The molecule has 1 aromatic carbocycles. The van der Waals surface area contributed by atoms with E-state index in [1.807, 2.05) is 13.8 Å². The number of furan rings is 1. The van der Waals surface area contributed by atoms with Crippen molar-refractivity contribution in [1.29, 1.82) is 0 Å². The molecule has 3 rings (SSSR count). The standard InChI is InChI=1S/C25H32N2O5/c1-5-26(6-2)15-8-16-27-22(20-14-9-17(4)32-20)21(24(29)25(27)30)23(28)18-10-12-19(13-11-18)31-7-3/h9-14,22,28H,5-8,15-16H2,1-4H3. The van der Waals surface area contributed by atoms with E-state index in [-0.39, 0.29) is 11.3 Å². The molecule has 172 valence electrons. The summed E-state index contributed by atoms with van der Waals surface area (Å²) in [5, 5.41) is 11.1. The van der Waals surface area contributed by atoms with Gasteiger partial charge < -0.3 is 24.1 Å². The van der Waals surface area contributed by atoms with Crippen LogP contribution in [0.3, 0.4) is 0 Å². The minimum atomic E-state index is -0.757. The first-order chi connectivity index (χ1) is 15.4. The minimum Gasteiger partial charge on any atom is -0.507 e. The lowest BCUT2D eigenvalue weighted by Crippen LogP contribution is -2.33. The summed E-state index contributed by atoms with van der Waals surface area (Å²) in [5.41, 5.74) is 0.499. The number of rotatable bonds is 10. The minimum absolute atomic E-state index is 0.0522. The average molecular weight is 441 g/mol. The Morgan fingerprint density at radius 3 is 2.34 bits per heavy atom. The highest BCUT2D eigenvalue weighted by molar-refractivity contribution is 6.46. The number of aryl methyl sites for hydroxylation is 1. The van der Waals surface area contributed by atoms with Gasteiger partial charge in [-0.15, -0.1) is 0 Å². The van der Waals surface area contributed by atoms with Crippen molar-refractivity contribution >= 4 is 17.4 Å². The van der Waals surface area contributed by atoms with Crippen LogP contribution in [-0.4, -0.2) is 59.4 Å². The van der Waals surface area contributed by atoms with Crippen LogP contribution < -0.4 is 4.74 Å². The topological polar surface area (TPSA) is 83.2 Å². The molecular formula is C25H32N2O5. The number of aliphatic hydroxyl groups is 1. The van der Waals surface area contributed by atoms with Crippen molar-refractivity contribution < 1.29 is 23.8 Å². The number of carbonyl (C=O) groups is 2. The molecule has 1 aromatic heterocycles. The number of amides is 1. The highest BCUT2D eigenvalue weighted by Crippen LogP contribution is 2.40. The van der Waals surface area contributed by atoms with Crippen LogP contribution in [0.5, 0.6) is 5.75 Å². The zero-order valence-corrected chi connectivity index (χ0v) is 19.3. The van der Waals surface area contributed by atoms with Gasteiger partial charge in [0.25, 0.3) is 11.7 Å². The monoisotopic (exact) mass is 440 g/mol. The fourth-order valence-electron chi connectivity index (χ4n) is 4.04. The molecule has 7 heteroatoms. The van der Waals surface area contributed by atoms with Crippen molar-refractivity contribution in [2.45, 2.75) is 40.2 Å². The van der Waals surface area contributed by atoms with Crippen LogP contribution in [-0.2, 0) is 9.59 Å². The molecule has 1 aliphatic rings. The van der Waals surface area contributed by atoms with E-state index in [9.17, 15) is 14.7 Å². The normalized spacial score (nSPS) is 18.0. The van der Waals surface area contributed by atoms with Gasteiger partial charge >= 0.3 is 0 Å². The van der Waals surface area contributed by atoms with Gasteiger partial charge in [0.05, 0.1) is 12.2 Å². The fourth-order valence-corrected chi connectivity index (χ4v) is 4.04. The Bertz CT molecular complexity index is 972. The molecule has 1 aliphatic heterocycles. The molecule has 1 unspecified atom stereocenters. The number of ether oxygens (including phenoxy) is 1. The Labute approximate surface area is 189 Å². The first-order valence-electron chi connectivity index (χ1n) is 11.2. The van der Waals surface area contributed by atoms with Crippen LogP contribution in [0.1, 0.15) is 50.3 Å². The second-order valence-corrected chi connectivity index (χ2v) is 7.78. The van der Waals surface area contributed by atoms with Crippen molar-refractivity contribution in [2.24, 2.45) is 0 Å². The maximum Gasteiger partial charge on any atom is 0.295 e. The molecule has 1 amide bonds. The maximum atomic E-state index is 13.0. The second kappa shape index (κ2) is 10.5. The second-order valence-electron chi connectivity index (χ2n) is 7.78. The smallest absolute Gasteiger partial charge is 0.295 e. The van der Waals surface area contributed by atoms with E-state index >= 15 is 0 Å². The molecule has 0 spiro atoms. The van der Waals surface area contributed by atoms with E-state index in [4.69, 9.17) is 9.15 Å². The molecule has 2 aromatic rings. The van der Waals surface area contributed by atoms with Crippen LogP contribution in [0.25, 0.3) is 5.76 Å². The number of aliphatic hydroxyl groups excluding tert-OH is 1. The third-order valence-electron chi connectivity index (χ3n) is 5.78. The van der Waals surface area contributed by atoms with Gasteiger partial charge in [0.1, 0.15) is 29.1 Å². The molecule has 0 bridgehead atoms.